The highest BCUT2D eigenvalue weighted by Gasteiger charge is 2.19. The number of rotatable bonds is 5. The molecular weight excluding hydrogens is 142 g/mol. The summed E-state index contributed by atoms with van der Waals surface area (Å²) < 4.78 is 0. The van der Waals surface area contributed by atoms with Gasteiger partial charge in [-0.15, -0.1) is 0 Å². The zero-order chi connectivity index (χ0) is 8.10. The van der Waals surface area contributed by atoms with Crippen molar-refractivity contribution >= 4 is 0 Å². The van der Waals surface area contributed by atoms with E-state index in [0.717, 1.165) is 0 Å². The molecule has 0 aliphatic heterocycles. The SMILES string of the molecule is CNNCC(O)NC1CCC1. The van der Waals surface area contributed by atoms with E-state index in [4.69, 9.17) is 0 Å². The Morgan fingerprint density at radius 3 is 2.73 bits per heavy atom. The lowest BCUT2D eigenvalue weighted by Crippen LogP contribution is -2.48. The maximum atomic E-state index is 9.30. The molecule has 4 N–H and O–H groups in total. The lowest BCUT2D eigenvalue weighted by atomic mass is 9.93. The number of nitrogens with one attached hydrogen (secondary N) is 3. The van der Waals surface area contributed by atoms with Crippen molar-refractivity contribution in [2.75, 3.05) is 13.6 Å². The molecule has 0 spiro atoms. The largest absolute Gasteiger partial charge is 0.377 e. The zero-order valence-electron chi connectivity index (χ0n) is 6.93. The van der Waals surface area contributed by atoms with Crippen LogP contribution in [0.4, 0.5) is 0 Å². The van der Waals surface area contributed by atoms with E-state index in [2.05, 4.69) is 16.2 Å². The molecule has 0 amide bonds. The van der Waals surface area contributed by atoms with E-state index >= 15 is 0 Å². The molecular formula is C7H17N3O. The van der Waals surface area contributed by atoms with Gasteiger partial charge in [-0.2, -0.15) is 0 Å². The van der Waals surface area contributed by atoms with Gasteiger partial charge in [-0.25, -0.2) is 0 Å². The molecule has 0 aromatic rings. The van der Waals surface area contributed by atoms with E-state index in [9.17, 15) is 5.11 Å². The van der Waals surface area contributed by atoms with Crippen LogP contribution in [-0.2, 0) is 0 Å². The summed E-state index contributed by atoms with van der Waals surface area (Å²) in [5, 5.41) is 12.4. The summed E-state index contributed by atoms with van der Waals surface area (Å²) in [6.45, 7) is 0.549. The lowest BCUT2D eigenvalue weighted by molar-refractivity contribution is 0.100. The van der Waals surface area contributed by atoms with Gasteiger partial charge >= 0.3 is 0 Å². The van der Waals surface area contributed by atoms with Gasteiger partial charge < -0.3 is 5.11 Å². The predicted molar refractivity (Wildman–Crippen MR) is 43.8 cm³/mol. The minimum atomic E-state index is -0.423. The third kappa shape index (κ3) is 3.16. The predicted octanol–water partition coefficient (Wildman–Crippen LogP) is -0.829. The monoisotopic (exact) mass is 159 g/mol. The molecule has 1 saturated carbocycles. The van der Waals surface area contributed by atoms with Crippen LogP contribution in [0.15, 0.2) is 0 Å². The first-order valence-corrected chi connectivity index (χ1v) is 4.16. The lowest BCUT2D eigenvalue weighted by Gasteiger charge is -2.29. The number of hydrazine groups is 1. The molecule has 0 aromatic heterocycles. The van der Waals surface area contributed by atoms with Crippen LogP contribution in [0.5, 0.6) is 0 Å². The average Bonchev–Trinajstić information content (AvgIpc) is 1.93. The van der Waals surface area contributed by atoms with Crippen molar-refractivity contribution in [3.05, 3.63) is 0 Å². The van der Waals surface area contributed by atoms with Crippen molar-refractivity contribution in [1.82, 2.24) is 16.2 Å². The Morgan fingerprint density at radius 1 is 1.55 bits per heavy atom. The van der Waals surface area contributed by atoms with Crippen LogP contribution in [-0.4, -0.2) is 31.0 Å². The Bertz CT molecular complexity index is 106. The molecule has 0 heterocycles. The summed E-state index contributed by atoms with van der Waals surface area (Å²) >= 11 is 0. The quantitative estimate of drug-likeness (QED) is 0.312. The highest BCUT2D eigenvalue weighted by molar-refractivity contribution is 4.77. The zero-order valence-corrected chi connectivity index (χ0v) is 6.93. The van der Waals surface area contributed by atoms with E-state index in [-0.39, 0.29) is 0 Å². The first-order chi connectivity index (χ1) is 5.33. The Kier molecular flexibility index (Phi) is 3.79. The van der Waals surface area contributed by atoms with Crippen LogP contribution in [0.3, 0.4) is 0 Å². The molecule has 1 atom stereocenters. The van der Waals surface area contributed by atoms with Crippen LogP contribution in [0.25, 0.3) is 0 Å². The molecule has 0 aromatic carbocycles. The minimum absolute atomic E-state index is 0.423. The normalized spacial score (nSPS) is 21.3. The summed E-state index contributed by atoms with van der Waals surface area (Å²) in [7, 11) is 1.79. The van der Waals surface area contributed by atoms with Gasteiger partial charge in [0.1, 0.15) is 6.23 Å². The molecule has 0 radical (unpaired) electrons. The molecule has 1 rings (SSSR count). The van der Waals surface area contributed by atoms with E-state index in [0.29, 0.717) is 12.6 Å². The third-order valence-corrected chi connectivity index (χ3v) is 2.01. The molecule has 1 unspecified atom stereocenters. The van der Waals surface area contributed by atoms with Crippen molar-refractivity contribution in [3.63, 3.8) is 0 Å². The van der Waals surface area contributed by atoms with Crippen LogP contribution in [0, 0.1) is 0 Å². The maximum Gasteiger partial charge on any atom is 0.119 e. The van der Waals surface area contributed by atoms with E-state index < -0.39 is 6.23 Å². The van der Waals surface area contributed by atoms with Gasteiger partial charge in [-0.05, 0) is 19.9 Å². The second kappa shape index (κ2) is 4.66. The molecule has 0 saturated heterocycles. The standard InChI is InChI=1S/C7H17N3O/c1-8-9-5-7(11)10-6-3-2-4-6/h6-11H,2-5H2,1H3. The van der Waals surface area contributed by atoms with Crippen molar-refractivity contribution in [1.29, 1.82) is 0 Å². The first-order valence-electron chi connectivity index (χ1n) is 4.16. The van der Waals surface area contributed by atoms with Crippen LogP contribution in [0.2, 0.25) is 0 Å². The second-order valence-corrected chi connectivity index (χ2v) is 2.94. The summed E-state index contributed by atoms with van der Waals surface area (Å²) in [5.74, 6) is 0. The van der Waals surface area contributed by atoms with Gasteiger partial charge in [-0.1, -0.05) is 6.42 Å². The van der Waals surface area contributed by atoms with Crippen molar-refractivity contribution in [2.24, 2.45) is 0 Å². The van der Waals surface area contributed by atoms with Crippen LogP contribution < -0.4 is 16.2 Å². The summed E-state index contributed by atoms with van der Waals surface area (Å²) in [5.41, 5.74) is 5.60. The Morgan fingerprint density at radius 2 is 2.27 bits per heavy atom. The summed E-state index contributed by atoms with van der Waals surface area (Å²) in [6, 6.07) is 0.545. The number of aliphatic hydroxyl groups excluding tert-OH is 1. The molecule has 1 aliphatic rings. The maximum absolute atomic E-state index is 9.30. The van der Waals surface area contributed by atoms with Crippen LogP contribution in [0.1, 0.15) is 19.3 Å². The van der Waals surface area contributed by atoms with Crippen molar-refractivity contribution in [3.8, 4) is 0 Å². The van der Waals surface area contributed by atoms with Gasteiger partial charge in [-0.3, -0.25) is 16.2 Å². The molecule has 66 valence electrons. The fourth-order valence-electron chi connectivity index (χ4n) is 1.10. The van der Waals surface area contributed by atoms with Crippen molar-refractivity contribution in [2.45, 2.75) is 31.5 Å². The average molecular weight is 159 g/mol. The van der Waals surface area contributed by atoms with Gasteiger partial charge in [0.25, 0.3) is 0 Å². The fraction of sp³-hybridized carbons (Fsp3) is 1.00. The molecule has 1 aliphatic carbocycles. The van der Waals surface area contributed by atoms with Gasteiger partial charge in [0.15, 0.2) is 0 Å². The highest BCUT2D eigenvalue weighted by Crippen LogP contribution is 2.17. The van der Waals surface area contributed by atoms with E-state index in [1.165, 1.54) is 19.3 Å². The van der Waals surface area contributed by atoms with E-state index in [1.807, 2.05) is 0 Å². The smallest absolute Gasteiger partial charge is 0.119 e. The fourth-order valence-corrected chi connectivity index (χ4v) is 1.10. The Hall–Kier alpha value is -0.160. The van der Waals surface area contributed by atoms with Gasteiger partial charge in [0, 0.05) is 12.6 Å². The topological polar surface area (TPSA) is 56.3 Å². The molecule has 0 bridgehead atoms. The summed E-state index contributed by atoms with van der Waals surface area (Å²) in [4.78, 5) is 0. The number of hydrogen-bond acceptors (Lipinski definition) is 4. The van der Waals surface area contributed by atoms with Gasteiger partial charge in [0.05, 0.1) is 0 Å². The molecule has 1 fully saturated rings. The molecule has 11 heavy (non-hydrogen) atoms. The Balaban J connectivity index is 1.95. The molecule has 4 nitrogen and oxygen atoms in total. The van der Waals surface area contributed by atoms with Crippen LogP contribution >= 0.6 is 0 Å². The second-order valence-electron chi connectivity index (χ2n) is 2.94. The molecule has 4 heteroatoms. The van der Waals surface area contributed by atoms with Crippen molar-refractivity contribution < 1.29 is 5.11 Å². The highest BCUT2D eigenvalue weighted by atomic mass is 16.3. The number of aliphatic hydroxyl groups is 1. The summed E-state index contributed by atoms with van der Waals surface area (Å²) in [6.07, 6.45) is 3.28. The first kappa shape index (κ1) is 8.93. The Labute approximate surface area is 67.3 Å². The van der Waals surface area contributed by atoms with E-state index in [1.54, 1.807) is 7.05 Å². The number of hydrogen-bond donors (Lipinski definition) is 4. The third-order valence-electron chi connectivity index (χ3n) is 2.01. The van der Waals surface area contributed by atoms with Gasteiger partial charge in [0.2, 0.25) is 0 Å². The minimum Gasteiger partial charge on any atom is -0.377 e.